The first kappa shape index (κ1) is 16.0. The third kappa shape index (κ3) is 4.07. The number of aliphatic hydroxyl groups excluding tert-OH is 1. The van der Waals surface area contributed by atoms with Crippen molar-refractivity contribution in [3.8, 4) is 0 Å². The van der Waals surface area contributed by atoms with Crippen LogP contribution in [0.4, 0.5) is 0 Å². The molecule has 1 N–H and O–H groups in total. The number of carbonyl (C=O) groups is 1. The molecule has 1 aliphatic heterocycles. The molecule has 116 valence electrons. The summed E-state index contributed by atoms with van der Waals surface area (Å²) in [5.41, 5.74) is 2.13. The number of hydrogen-bond donors (Lipinski definition) is 1. The zero-order valence-electron chi connectivity index (χ0n) is 13.4. The van der Waals surface area contributed by atoms with Crippen LogP contribution in [-0.2, 0) is 5.41 Å². The van der Waals surface area contributed by atoms with Gasteiger partial charge in [0.2, 0.25) is 0 Å². The first-order valence-electron chi connectivity index (χ1n) is 7.92. The van der Waals surface area contributed by atoms with E-state index < -0.39 is 0 Å². The molecule has 2 rings (SSSR count). The van der Waals surface area contributed by atoms with E-state index in [0.717, 1.165) is 37.9 Å². The summed E-state index contributed by atoms with van der Waals surface area (Å²) >= 11 is 0. The van der Waals surface area contributed by atoms with Gasteiger partial charge in [-0.25, -0.2) is 0 Å². The van der Waals surface area contributed by atoms with Crippen LogP contribution in [0.15, 0.2) is 24.3 Å². The standard InChI is InChI=1S/C18H27NO2/c1-18(2,3)16-8-6-15(7-9-16)17(21)19-11-4-5-14(13-19)10-12-20/h6-9,14,20H,4-5,10-13H2,1-3H3. The summed E-state index contributed by atoms with van der Waals surface area (Å²) in [5, 5.41) is 9.06. The number of carbonyl (C=O) groups excluding carboxylic acids is 1. The molecule has 0 bridgehead atoms. The molecule has 1 aromatic carbocycles. The minimum absolute atomic E-state index is 0.110. The average molecular weight is 289 g/mol. The molecule has 0 spiro atoms. The fourth-order valence-electron chi connectivity index (χ4n) is 2.96. The van der Waals surface area contributed by atoms with Gasteiger partial charge in [0.1, 0.15) is 0 Å². The van der Waals surface area contributed by atoms with Crippen molar-refractivity contribution in [2.24, 2.45) is 5.92 Å². The quantitative estimate of drug-likeness (QED) is 0.928. The van der Waals surface area contributed by atoms with Crippen molar-refractivity contribution < 1.29 is 9.90 Å². The molecule has 0 aliphatic carbocycles. The van der Waals surface area contributed by atoms with Gasteiger partial charge in [-0.2, -0.15) is 0 Å². The zero-order valence-corrected chi connectivity index (χ0v) is 13.4. The molecule has 21 heavy (non-hydrogen) atoms. The van der Waals surface area contributed by atoms with E-state index in [1.807, 2.05) is 17.0 Å². The van der Waals surface area contributed by atoms with Gasteiger partial charge in [0, 0.05) is 25.3 Å². The lowest BCUT2D eigenvalue weighted by molar-refractivity contribution is 0.0653. The van der Waals surface area contributed by atoms with Gasteiger partial charge >= 0.3 is 0 Å². The molecule has 1 atom stereocenters. The molecule has 1 saturated heterocycles. The molecule has 1 heterocycles. The molecule has 0 saturated carbocycles. The van der Waals surface area contributed by atoms with Gasteiger partial charge in [0.25, 0.3) is 5.91 Å². The van der Waals surface area contributed by atoms with Crippen molar-refractivity contribution in [2.45, 2.75) is 45.4 Å². The first-order valence-corrected chi connectivity index (χ1v) is 7.92. The molecule has 1 amide bonds. The van der Waals surface area contributed by atoms with E-state index in [0.29, 0.717) is 5.92 Å². The molecule has 1 unspecified atom stereocenters. The predicted molar refractivity (Wildman–Crippen MR) is 85.5 cm³/mol. The number of hydrogen-bond acceptors (Lipinski definition) is 2. The Morgan fingerprint density at radius 3 is 2.52 bits per heavy atom. The van der Waals surface area contributed by atoms with E-state index in [9.17, 15) is 4.79 Å². The molecular weight excluding hydrogens is 262 g/mol. The predicted octanol–water partition coefficient (Wildman–Crippen LogP) is 3.22. The third-order valence-electron chi connectivity index (χ3n) is 4.34. The number of nitrogens with zero attached hydrogens (tertiary/aromatic N) is 1. The maximum atomic E-state index is 12.6. The molecule has 0 radical (unpaired) electrons. The maximum absolute atomic E-state index is 12.6. The van der Waals surface area contributed by atoms with Crippen LogP contribution >= 0.6 is 0 Å². The van der Waals surface area contributed by atoms with Gasteiger partial charge in [0.15, 0.2) is 0 Å². The van der Waals surface area contributed by atoms with Gasteiger partial charge in [-0.05, 0) is 48.3 Å². The minimum atomic E-state index is 0.110. The third-order valence-corrected chi connectivity index (χ3v) is 4.34. The van der Waals surface area contributed by atoms with Crippen molar-refractivity contribution in [1.82, 2.24) is 4.90 Å². The number of piperidine rings is 1. The Balaban J connectivity index is 2.05. The fourth-order valence-corrected chi connectivity index (χ4v) is 2.96. The summed E-state index contributed by atoms with van der Waals surface area (Å²) in [5.74, 6) is 0.569. The number of aliphatic hydroxyl groups is 1. The Hall–Kier alpha value is -1.35. The van der Waals surface area contributed by atoms with Gasteiger partial charge in [-0.1, -0.05) is 32.9 Å². The lowest BCUT2D eigenvalue weighted by Gasteiger charge is -2.32. The molecule has 0 aromatic heterocycles. The highest BCUT2D eigenvalue weighted by Gasteiger charge is 2.24. The molecule has 1 aliphatic rings. The number of benzene rings is 1. The molecule has 1 aromatic rings. The Bertz CT molecular complexity index is 471. The van der Waals surface area contributed by atoms with Crippen LogP contribution < -0.4 is 0 Å². The average Bonchev–Trinajstić information content (AvgIpc) is 2.46. The maximum Gasteiger partial charge on any atom is 0.253 e. The second-order valence-electron chi connectivity index (χ2n) is 7.10. The Labute approximate surface area is 128 Å². The Kier molecular flexibility index (Phi) is 5.04. The van der Waals surface area contributed by atoms with E-state index in [1.54, 1.807) is 0 Å². The monoisotopic (exact) mass is 289 g/mol. The molecule has 3 heteroatoms. The normalized spacial score (nSPS) is 19.6. The van der Waals surface area contributed by atoms with E-state index in [1.165, 1.54) is 5.56 Å². The molecular formula is C18H27NO2. The van der Waals surface area contributed by atoms with Crippen LogP contribution in [0, 0.1) is 5.92 Å². The largest absolute Gasteiger partial charge is 0.396 e. The van der Waals surface area contributed by atoms with Crippen LogP contribution in [0.1, 0.15) is 56.0 Å². The fraction of sp³-hybridized carbons (Fsp3) is 0.611. The topological polar surface area (TPSA) is 40.5 Å². The minimum Gasteiger partial charge on any atom is -0.396 e. The SMILES string of the molecule is CC(C)(C)c1ccc(C(=O)N2CCCC(CCO)C2)cc1. The summed E-state index contributed by atoms with van der Waals surface area (Å²) in [7, 11) is 0. The second-order valence-corrected chi connectivity index (χ2v) is 7.10. The van der Waals surface area contributed by atoms with Gasteiger partial charge in [-0.15, -0.1) is 0 Å². The van der Waals surface area contributed by atoms with Crippen molar-refractivity contribution in [3.63, 3.8) is 0 Å². The van der Waals surface area contributed by atoms with Crippen LogP contribution in [0.2, 0.25) is 0 Å². The van der Waals surface area contributed by atoms with Crippen LogP contribution in [0.5, 0.6) is 0 Å². The van der Waals surface area contributed by atoms with Crippen molar-refractivity contribution in [3.05, 3.63) is 35.4 Å². The Morgan fingerprint density at radius 2 is 1.95 bits per heavy atom. The lowest BCUT2D eigenvalue weighted by atomic mass is 9.86. The molecule has 3 nitrogen and oxygen atoms in total. The molecule has 1 fully saturated rings. The summed E-state index contributed by atoms with van der Waals surface area (Å²) < 4.78 is 0. The highest BCUT2D eigenvalue weighted by atomic mass is 16.3. The van der Waals surface area contributed by atoms with Gasteiger partial charge in [0.05, 0.1) is 0 Å². The first-order chi connectivity index (χ1) is 9.91. The number of rotatable bonds is 3. The van der Waals surface area contributed by atoms with Crippen molar-refractivity contribution in [2.75, 3.05) is 19.7 Å². The van der Waals surface area contributed by atoms with Crippen LogP contribution in [0.25, 0.3) is 0 Å². The number of likely N-dealkylation sites (tertiary alicyclic amines) is 1. The lowest BCUT2D eigenvalue weighted by Crippen LogP contribution is -2.40. The summed E-state index contributed by atoms with van der Waals surface area (Å²) in [4.78, 5) is 14.5. The van der Waals surface area contributed by atoms with Gasteiger partial charge < -0.3 is 10.0 Å². The summed E-state index contributed by atoms with van der Waals surface area (Å²) in [6.07, 6.45) is 2.95. The zero-order chi connectivity index (χ0) is 15.5. The highest BCUT2D eigenvalue weighted by molar-refractivity contribution is 5.94. The number of amides is 1. The van der Waals surface area contributed by atoms with Crippen LogP contribution in [0.3, 0.4) is 0 Å². The van der Waals surface area contributed by atoms with E-state index in [-0.39, 0.29) is 17.9 Å². The smallest absolute Gasteiger partial charge is 0.253 e. The summed E-state index contributed by atoms with van der Waals surface area (Å²) in [6.45, 7) is 8.35. The van der Waals surface area contributed by atoms with Crippen molar-refractivity contribution >= 4 is 5.91 Å². The van der Waals surface area contributed by atoms with E-state index >= 15 is 0 Å². The highest BCUT2D eigenvalue weighted by Crippen LogP contribution is 2.24. The van der Waals surface area contributed by atoms with E-state index in [4.69, 9.17) is 5.11 Å². The van der Waals surface area contributed by atoms with Gasteiger partial charge in [-0.3, -0.25) is 4.79 Å². The van der Waals surface area contributed by atoms with E-state index in [2.05, 4.69) is 32.9 Å². The second kappa shape index (κ2) is 6.61. The van der Waals surface area contributed by atoms with Crippen molar-refractivity contribution in [1.29, 1.82) is 0 Å². The Morgan fingerprint density at radius 1 is 1.29 bits per heavy atom. The summed E-state index contributed by atoms with van der Waals surface area (Å²) in [6, 6.07) is 8.00. The van der Waals surface area contributed by atoms with Crippen LogP contribution in [-0.4, -0.2) is 35.6 Å².